The number of aromatic amines is 1. The van der Waals surface area contributed by atoms with Gasteiger partial charge in [-0.25, -0.2) is 4.39 Å². The number of benzene rings is 1. The first kappa shape index (κ1) is 18.8. The molecule has 1 aliphatic heterocycles. The van der Waals surface area contributed by atoms with E-state index in [1.807, 2.05) is 0 Å². The van der Waals surface area contributed by atoms with Gasteiger partial charge < -0.3 is 10.6 Å². The van der Waals surface area contributed by atoms with Crippen LogP contribution in [0.4, 0.5) is 4.39 Å². The van der Waals surface area contributed by atoms with Gasteiger partial charge in [0.2, 0.25) is 0 Å². The molecule has 130 valence electrons. The van der Waals surface area contributed by atoms with Crippen molar-refractivity contribution in [2.75, 3.05) is 18.8 Å². The number of H-pyrrole nitrogens is 1. The van der Waals surface area contributed by atoms with E-state index in [-0.39, 0.29) is 24.1 Å². The van der Waals surface area contributed by atoms with E-state index in [1.54, 1.807) is 23.9 Å². The van der Waals surface area contributed by atoms with E-state index in [0.29, 0.717) is 18.8 Å². The molecule has 8 heteroatoms. The minimum atomic E-state index is -0.224. The Morgan fingerprint density at radius 3 is 2.92 bits per heavy atom. The van der Waals surface area contributed by atoms with Crippen LogP contribution in [-0.4, -0.2) is 34.9 Å². The molecule has 0 bridgehead atoms. The van der Waals surface area contributed by atoms with Crippen LogP contribution in [0.25, 0.3) is 0 Å². The van der Waals surface area contributed by atoms with E-state index >= 15 is 0 Å². The molecule has 0 saturated heterocycles. The molecule has 0 spiro atoms. The van der Waals surface area contributed by atoms with Crippen LogP contribution in [0.15, 0.2) is 29.2 Å². The maximum absolute atomic E-state index is 12.8. The van der Waals surface area contributed by atoms with Gasteiger partial charge in [0, 0.05) is 42.2 Å². The fraction of sp³-hybridized carbons (Fsp3) is 0.375. The van der Waals surface area contributed by atoms with Crippen molar-refractivity contribution in [2.45, 2.75) is 24.3 Å². The van der Waals surface area contributed by atoms with E-state index in [1.165, 1.54) is 12.1 Å². The molecule has 2 heterocycles. The quantitative estimate of drug-likeness (QED) is 0.540. The maximum atomic E-state index is 12.8. The van der Waals surface area contributed by atoms with Crippen LogP contribution in [0.1, 0.15) is 28.2 Å². The number of carbonyl (C=O) groups is 1. The van der Waals surface area contributed by atoms with Crippen molar-refractivity contribution in [1.29, 1.82) is 0 Å². The molecule has 1 aromatic heterocycles. The van der Waals surface area contributed by atoms with Crippen LogP contribution in [0.3, 0.4) is 0 Å². The van der Waals surface area contributed by atoms with Gasteiger partial charge in [-0.2, -0.15) is 5.10 Å². The molecule has 0 atom stereocenters. The first-order chi connectivity index (χ1) is 11.2. The Morgan fingerprint density at radius 1 is 1.33 bits per heavy atom. The van der Waals surface area contributed by atoms with E-state index in [2.05, 4.69) is 20.8 Å². The number of nitrogens with zero attached hydrogens (tertiary/aromatic N) is 1. The summed E-state index contributed by atoms with van der Waals surface area (Å²) in [6.45, 7) is 2.20. The van der Waals surface area contributed by atoms with Gasteiger partial charge in [-0.1, -0.05) is 0 Å². The molecule has 0 saturated carbocycles. The van der Waals surface area contributed by atoms with Crippen LogP contribution in [0, 0.1) is 5.82 Å². The zero-order valence-electron chi connectivity index (χ0n) is 13.1. The lowest BCUT2D eigenvalue weighted by Gasteiger charge is -2.12. The number of thioether (sulfide) groups is 1. The van der Waals surface area contributed by atoms with Crippen LogP contribution in [0.2, 0.25) is 0 Å². The molecule has 5 nitrogen and oxygen atoms in total. The highest BCUT2D eigenvalue weighted by Gasteiger charge is 2.20. The summed E-state index contributed by atoms with van der Waals surface area (Å²) in [6, 6.07) is 6.45. The van der Waals surface area contributed by atoms with Crippen LogP contribution < -0.4 is 10.6 Å². The second-order valence-corrected chi connectivity index (χ2v) is 6.54. The third-order valence-electron chi connectivity index (χ3n) is 3.71. The van der Waals surface area contributed by atoms with Gasteiger partial charge in [-0.3, -0.25) is 9.89 Å². The highest BCUT2D eigenvalue weighted by Crippen LogP contribution is 2.19. The maximum Gasteiger partial charge on any atom is 0.272 e. The fourth-order valence-electron chi connectivity index (χ4n) is 2.49. The molecule has 0 fully saturated rings. The molecular formula is C16H20ClFN4OS. The van der Waals surface area contributed by atoms with E-state index < -0.39 is 0 Å². The van der Waals surface area contributed by atoms with Crippen LogP contribution in [-0.2, 0) is 13.0 Å². The van der Waals surface area contributed by atoms with Gasteiger partial charge >= 0.3 is 0 Å². The van der Waals surface area contributed by atoms with Crippen molar-refractivity contribution in [2.24, 2.45) is 0 Å². The van der Waals surface area contributed by atoms with Gasteiger partial charge in [0.05, 0.1) is 0 Å². The standard InChI is InChI=1S/C16H19FN4OS.ClH/c17-11-2-4-12(5-3-11)23-9-1-7-19-16(22)15-13-10-18-8-6-14(13)20-21-15;/h2-5,18H,1,6-10H2,(H,19,22)(H,20,21);1H. The third kappa shape index (κ3) is 4.72. The first-order valence-electron chi connectivity index (χ1n) is 7.67. The smallest absolute Gasteiger partial charge is 0.272 e. The normalized spacial score (nSPS) is 13.0. The van der Waals surface area contributed by atoms with E-state index in [0.717, 1.165) is 41.3 Å². The summed E-state index contributed by atoms with van der Waals surface area (Å²) in [7, 11) is 0. The zero-order chi connectivity index (χ0) is 16.1. The first-order valence-corrected chi connectivity index (χ1v) is 8.66. The van der Waals surface area contributed by atoms with E-state index in [4.69, 9.17) is 0 Å². The van der Waals surface area contributed by atoms with Gasteiger partial charge in [0.15, 0.2) is 5.69 Å². The largest absolute Gasteiger partial charge is 0.351 e. The summed E-state index contributed by atoms with van der Waals surface area (Å²) in [5, 5.41) is 13.2. The Kier molecular flexibility index (Phi) is 7.08. The molecule has 3 N–H and O–H groups in total. The lowest BCUT2D eigenvalue weighted by atomic mass is 10.1. The van der Waals surface area contributed by atoms with Gasteiger partial charge in [-0.05, 0) is 36.4 Å². The summed E-state index contributed by atoms with van der Waals surface area (Å²) in [4.78, 5) is 13.2. The summed E-state index contributed by atoms with van der Waals surface area (Å²) >= 11 is 1.65. The number of hydrogen-bond acceptors (Lipinski definition) is 4. The molecule has 0 radical (unpaired) electrons. The highest BCUT2D eigenvalue weighted by atomic mass is 35.5. The predicted molar refractivity (Wildman–Crippen MR) is 95.3 cm³/mol. The number of halogens is 2. The molecule has 3 rings (SSSR count). The number of aromatic nitrogens is 2. The zero-order valence-corrected chi connectivity index (χ0v) is 14.7. The van der Waals surface area contributed by atoms with Crippen molar-refractivity contribution in [3.05, 3.63) is 47.0 Å². The van der Waals surface area contributed by atoms with Crippen molar-refractivity contribution in [1.82, 2.24) is 20.8 Å². The lowest BCUT2D eigenvalue weighted by molar-refractivity contribution is 0.0947. The highest BCUT2D eigenvalue weighted by molar-refractivity contribution is 7.99. The minimum Gasteiger partial charge on any atom is -0.351 e. The topological polar surface area (TPSA) is 69.8 Å². The summed E-state index contributed by atoms with van der Waals surface area (Å²) in [5.74, 6) is 0.517. The van der Waals surface area contributed by atoms with Crippen molar-refractivity contribution < 1.29 is 9.18 Å². The SMILES string of the molecule is Cl.O=C(NCCCSc1ccc(F)cc1)c1n[nH]c2c1CNCC2. The average molecular weight is 371 g/mol. The Bertz CT molecular complexity index is 677. The van der Waals surface area contributed by atoms with Crippen LogP contribution in [0.5, 0.6) is 0 Å². The fourth-order valence-corrected chi connectivity index (χ4v) is 3.34. The molecule has 1 aromatic carbocycles. The number of rotatable bonds is 6. The molecule has 1 aliphatic rings. The van der Waals surface area contributed by atoms with Crippen molar-refractivity contribution in [3.63, 3.8) is 0 Å². The van der Waals surface area contributed by atoms with Crippen molar-refractivity contribution >= 4 is 30.1 Å². The van der Waals surface area contributed by atoms with Gasteiger partial charge in [-0.15, -0.1) is 24.2 Å². The molecule has 0 aliphatic carbocycles. The second kappa shape index (κ2) is 9.05. The number of fused-ring (bicyclic) bond motifs is 1. The number of hydrogen-bond donors (Lipinski definition) is 3. The Hall–Kier alpha value is -1.57. The molecular weight excluding hydrogens is 351 g/mol. The average Bonchev–Trinajstić information content (AvgIpc) is 3.00. The molecule has 2 aromatic rings. The molecule has 0 unspecified atom stereocenters. The minimum absolute atomic E-state index is 0. The van der Waals surface area contributed by atoms with Gasteiger partial charge in [0.25, 0.3) is 5.91 Å². The monoisotopic (exact) mass is 370 g/mol. The van der Waals surface area contributed by atoms with Gasteiger partial charge in [0.1, 0.15) is 5.82 Å². The number of amides is 1. The lowest BCUT2D eigenvalue weighted by Crippen LogP contribution is -2.29. The summed E-state index contributed by atoms with van der Waals surface area (Å²) in [5.41, 5.74) is 2.54. The van der Waals surface area contributed by atoms with Crippen molar-refractivity contribution in [3.8, 4) is 0 Å². The second-order valence-electron chi connectivity index (χ2n) is 5.37. The molecule has 1 amide bonds. The predicted octanol–water partition coefficient (Wildman–Crippen LogP) is 2.53. The Labute approximate surface area is 150 Å². The Balaban J connectivity index is 0.00000208. The third-order valence-corrected chi connectivity index (χ3v) is 4.81. The number of carbonyl (C=O) groups excluding carboxylic acids is 1. The Morgan fingerprint density at radius 2 is 2.12 bits per heavy atom. The summed E-state index contributed by atoms with van der Waals surface area (Å²) < 4.78 is 12.8. The van der Waals surface area contributed by atoms with E-state index in [9.17, 15) is 9.18 Å². The van der Waals surface area contributed by atoms with Crippen LogP contribution >= 0.6 is 24.2 Å². The number of nitrogens with one attached hydrogen (secondary N) is 3. The molecule has 24 heavy (non-hydrogen) atoms. The summed E-state index contributed by atoms with van der Waals surface area (Å²) in [6.07, 6.45) is 1.72.